The first-order valence-electron chi connectivity index (χ1n) is 14.3. The van der Waals surface area contributed by atoms with E-state index in [0.29, 0.717) is 18.9 Å². The Hall–Kier alpha value is -3.41. The van der Waals surface area contributed by atoms with Gasteiger partial charge in [-0.2, -0.15) is 0 Å². The first kappa shape index (κ1) is 26.2. The molecule has 1 aliphatic carbocycles. The van der Waals surface area contributed by atoms with Crippen molar-refractivity contribution in [3.8, 4) is 11.1 Å². The molecule has 3 aromatic rings. The molecule has 6 nitrogen and oxygen atoms in total. The van der Waals surface area contributed by atoms with Crippen molar-refractivity contribution in [2.24, 2.45) is 11.8 Å². The summed E-state index contributed by atoms with van der Waals surface area (Å²) in [4.78, 5) is 32.5. The van der Waals surface area contributed by atoms with E-state index in [4.69, 9.17) is 4.98 Å². The van der Waals surface area contributed by atoms with Gasteiger partial charge in [0.1, 0.15) is 5.82 Å². The fourth-order valence-electron chi connectivity index (χ4n) is 6.07. The smallest absolute Gasteiger partial charge is 0.223 e. The molecule has 2 N–H and O–H groups in total. The average molecular weight is 513 g/mol. The Balaban J connectivity index is 1.21. The number of pyridine rings is 1. The van der Waals surface area contributed by atoms with Crippen LogP contribution in [-0.4, -0.2) is 42.5 Å². The van der Waals surface area contributed by atoms with E-state index < -0.39 is 0 Å². The van der Waals surface area contributed by atoms with Gasteiger partial charge in [-0.15, -0.1) is 0 Å². The Bertz CT molecular complexity index is 1260. The molecular formula is C32H40N4O2. The van der Waals surface area contributed by atoms with Gasteiger partial charge in [0.2, 0.25) is 11.8 Å². The molecule has 0 atom stereocenters. The average Bonchev–Trinajstić information content (AvgIpc) is 2.94. The maximum atomic E-state index is 13.1. The predicted molar refractivity (Wildman–Crippen MR) is 154 cm³/mol. The molecule has 1 aliphatic heterocycles. The van der Waals surface area contributed by atoms with Gasteiger partial charge in [0.05, 0.1) is 5.52 Å². The van der Waals surface area contributed by atoms with Gasteiger partial charge in [-0.25, -0.2) is 4.98 Å². The second-order valence-corrected chi connectivity index (χ2v) is 11.1. The number of carbonyl (C=O) groups excluding carboxylic acids is 2. The van der Waals surface area contributed by atoms with Crippen LogP contribution >= 0.6 is 0 Å². The lowest BCUT2D eigenvalue weighted by molar-refractivity contribution is -0.127. The normalized spacial score (nSPS) is 20.3. The third-order valence-corrected chi connectivity index (χ3v) is 8.24. The third-order valence-electron chi connectivity index (χ3n) is 8.24. The second-order valence-electron chi connectivity index (χ2n) is 11.1. The van der Waals surface area contributed by atoms with Gasteiger partial charge in [0.15, 0.2) is 0 Å². The number of benzene rings is 2. The molecule has 0 unspecified atom stereocenters. The van der Waals surface area contributed by atoms with E-state index >= 15 is 0 Å². The van der Waals surface area contributed by atoms with Gasteiger partial charge >= 0.3 is 0 Å². The maximum Gasteiger partial charge on any atom is 0.223 e. The minimum atomic E-state index is 0.0441. The predicted octanol–water partition coefficient (Wildman–Crippen LogP) is 5.63. The lowest BCUT2D eigenvalue weighted by atomic mass is 9.83. The van der Waals surface area contributed by atoms with Crippen molar-refractivity contribution in [1.29, 1.82) is 0 Å². The van der Waals surface area contributed by atoms with Crippen LogP contribution in [0.5, 0.6) is 0 Å². The summed E-state index contributed by atoms with van der Waals surface area (Å²) in [6.07, 6.45) is 6.23. The Morgan fingerprint density at radius 2 is 1.68 bits per heavy atom. The highest BCUT2D eigenvalue weighted by Gasteiger charge is 2.30. The minimum Gasteiger partial charge on any atom is -0.356 e. The number of nitrogens with zero attached hydrogens (tertiary/aromatic N) is 2. The number of hydrogen-bond acceptors (Lipinski definition) is 4. The highest BCUT2D eigenvalue weighted by Crippen LogP contribution is 2.35. The van der Waals surface area contributed by atoms with Crippen molar-refractivity contribution in [2.75, 3.05) is 24.5 Å². The monoisotopic (exact) mass is 512 g/mol. The Kier molecular flexibility index (Phi) is 8.26. The summed E-state index contributed by atoms with van der Waals surface area (Å²) in [7, 11) is 0. The molecule has 1 saturated carbocycles. The number of fused-ring (bicyclic) bond motifs is 1. The Morgan fingerprint density at radius 3 is 2.39 bits per heavy atom. The van der Waals surface area contributed by atoms with Crippen molar-refractivity contribution in [3.05, 3.63) is 60.2 Å². The highest BCUT2D eigenvalue weighted by molar-refractivity contribution is 5.90. The Morgan fingerprint density at radius 1 is 0.947 bits per heavy atom. The highest BCUT2D eigenvalue weighted by atomic mass is 16.2. The number of anilines is 1. The van der Waals surface area contributed by atoms with E-state index in [1.54, 1.807) is 0 Å². The fraction of sp³-hybridized carbons (Fsp3) is 0.469. The number of carbonyl (C=O) groups is 2. The molecule has 38 heavy (non-hydrogen) atoms. The van der Waals surface area contributed by atoms with E-state index in [9.17, 15) is 9.59 Å². The molecule has 1 saturated heterocycles. The molecule has 2 amide bonds. The van der Waals surface area contributed by atoms with Crippen LogP contribution in [0.25, 0.3) is 22.0 Å². The number of aryl methyl sites for hydroxylation is 1. The molecule has 2 fully saturated rings. The van der Waals surface area contributed by atoms with Crippen LogP contribution in [0.15, 0.2) is 54.6 Å². The number of hydrogen-bond donors (Lipinski definition) is 2. The van der Waals surface area contributed by atoms with Gasteiger partial charge in [-0.3, -0.25) is 9.59 Å². The van der Waals surface area contributed by atoms with E-state index in [0.717, 1.165) is 73.9 Å². The zero-order valence-corrected chi connectivity index (χ0v) is 22.7. The van der Waals surface area contributed by atoms with Crippen molar-refractivity contribution < 1.29 is 9.59 Å². The topological polar surface area (TPSA) is 74.3 Å². The third kappa shape index (κ3) is 6.17. The fourth-order valence-corrected chi connectivity index (χ4v) is 6.07. The van der Waals surface area contributed by atoms with E-state index in [1.807, 2.05) is 13.0 Å². The summed E-state index contributed by atoms with van der Waals surface area (Å²) in [5.41, 5.74) is 4.55. The SMILES string of the molecule is CCNC(=O)CC1CCC(NC(=O)C2CCN(c3nc4ccc(C)cc4cc3-c3ccccc3)CC2)CC1. The summed E-state index contributed by atoms with van der Waals surface area (Å²) >= 11 is 0. The quantitative estimate of drug-likeness (QED) is 0.430. The summed E-state index contributed by atoms with van der Waals surface area (Å²) in [6, 6.07) is 19.4. The van der Waals surface area contributed by atoms with Crippen molar-refractivity contribution in [3.63, 3.8) is 0 Å². The molecule has 0 bridgehead atoms. The summed E-state index contributed by atoms with van der Waals surface area (Å²) in [6.45, 7) is 6.40. The number of aromatic nitrogens is 1. The lowest BCUT2D eigenvalue weighted by Gasteiger charge is -2.35. The van der Waals surface area contributed by atoms with Crippen LogP contribution in [-0.2, 0) is 9.59 Å². The molecule has 2 aliphatic rings. The van der Waals surface area contributed by atoms with E-state index in [1.165, 1.54) is 11.1 Å². The number of amides is 2. The molecule has 0 radical (unpaired) electrons. The number of nitrogens with one attached hydrogen (secondary N) is 2. The molecule has 5 rings (SSSR count). The Labute approximate surface area is 226 Å². The molecular weight excluding hydrogens is 472 g/mol. The van der Waals surface area contributed by atoms with Crippen LogP contribution in [0.4, 0.5) is 5.82 Å². The van der Waals surface area contributed by atoms with E-state index in [-0.39, 0.29) is 23.8 Å². The zero-order valence-electron chi connectivity index (χ0n) is 22.7. The van der Waals surface area contributed by atoms with E-state index in [2.05, 4.69) is 71.0 Å². The van der Waals surface area contributed by atoms with Crippen LogP contribution in [0.2, 0.25) is 0 Å². The maximum absolute atomic E-state index is 13.1. The lowest BCUT2D eigenvalue weighted by Crippen LogP contribution is -2.45. The number of rotatable bonds is 7. The van der Waals surface area contributed by atoms with Crippen LogP contribution in [0, 0.1) is 18.8 Å². The standard InChI is InChI=1S/C32H40N4O2/c1-3-33-30(37)20-23-10-12-27(13-11-23)34-32(38)25-15-17-36(18-16-25)31-28(24-7-5-4-6-8-24)21-26-19-22(2)9-14-29(26)35-31/h4-9,14,19,21,23,25,27H,3,10-13,15-18,20H2,1-2H3,(H,33,37)(H,34,38). The largest absolute Gasteiger partial charge is 0.356 e. The summed E-state index contributed by atoms with van der Waals surface area (Å²) in [5.74, 6) is 1.84. The molecule has 2 heterocycles. The van der Waals surface area contributed by atoms with Gasteiger partial charge in [-0.05, 0) is 82.1 Å². The van der Waals surface area contributed by atoms with Crippen LogP contribution in [0.3, 0.4) is 0 Å². The summed E-state index contributed by atoms with van der Waals surface area (Å²) in [5, 5.41) is 7.39. The van der Waals surface area contributed by atoms with Gasteiger partial charge < -0.3 is 15.5 Å². The summed E-state index contributed by atoms with van der Waals surface area (Å²) < 4.78 is 0. The first-order valence-corrected chi connectivity index (χ1v) is 14.3. The van der Waals surface area contributed by atoms with Crippen molar-refractivity contribution in [2.45, 2.75) is 64.8 Å². The van der Waals surface area contributed by atoms with Crippen LogP contribution < -0.4 is 15.5 Å². The molecule has 0 spiro atoms. The first-order chi connectivity index (χ1) is 18.5. The van der Waals surface area contributed by atoms with Gasteiger partial charge in [0, 0.05) is 49.0 Å². The number of piperidine rings is 1. The molecule has 200 valence electrons. The van der Waals surface area contributed by atoms with Crippen molar-refractivity contribution in [1.82, 2.24) is 15.6 Å². The minimum absolute atomic E-state index is 0.0441. The molecule has 1 aromatic heterocycles. The van der Waals surface area contributed by atoms with Crippen LogP contribution in [0.1, 0.15) is 57.4 Å². The molecule has 2 aromatic carbocycles. The van der Waals surface area contributed by atoms with Gasteiger partial charge in [0.25, 0.3) is 0 Å². The van der Waals surface area contributed by atoms with Gasteiger partial charge in [-0.1, -0.05) is 42.0 Å². The van der Waals surface area contributed by atoms with Crippen molar-refractivity contribution >= 4 is 28.5 Å². The molecule has 6 heteroatoms. The zero-order chi connectivity index (χ0) is 26.5. The second kappa shape index (κ2) is 12.0.